The van der Waals surface area contributed by atoms with Gasteiger partial charge in [0.25, 0.3) is 5.56 Å². The van der Waals surface area contributed by atoms with Crippen molar-refractivity contribution in [2.24, 2.45) is 0 Å². The van der Waals surface area contributed by atoms with Crippen LogP contribution < -0.4 is 10.3 Å². The quantitative estimate of drug-likeness (QED) is 0.901. The van der Waals surface area contributed by atoms with Crippen molar-refractivity contribution >= 4 is 0 Å². The maximum atomic E-state index is 11.7. The second-order valence-electron chi connectivity index (χ2n) is 5.46. The summed E-state index contributed by atoms with van der Waals surface area (Å²) in [6.45, 7) is 6.10. The molecule has 2 rings (SSSR count). The van der Waals surface area contributed by atoms with Gasteiger partial charge in [0.15, 0.2) is 0 Å². The van der Waals surface area contributed by atoms with E-state index in [9.17, 15) is 4.79 Å². The van der Waals surface area contributed by atoms with Crippen LogP contribution in [0.5, 0.6) is 5.75 Å². The van der Waals surface area contributed by atoms with Gasteiger partial charge in [-0.3, -0.25) is 4.79 Å². The Hall–Kier alpha value is -2.10. The van der Waals surface area contributed by atoms with Crippen LogP contribution in [0.2, 0.25) is 0 Å². The van der Waals surface area contributed by atoms with Crippen LogP contribution in [0.1, 0.15) is 26.5 Å². The van der Waals surface area contributed by atoms with Gasteiger partial charge in [0, 0.05) is 17.0 Å². The van der Waals surface area contributed by atoms with Gasteiger partial charge in [0.1, 0.15) is 11.6 Å². The molecule has 0 saturated heterocycles. The lowest BCUT2D eigenvalue weighted by molar-refractivity contribution is 0.415. The topological polar surface area (TPSA) is 55.0 Å². The molecule has 0 unspecified atom stereocenters. The normalized spacial score (nSPS) is 11.4. The van der Waals surface area contributed by atoms with Gasteiger partial charge < -0.3 is 9.72 Å². The van der Waals surface area contributed by atoms with Crippen molar-refractivity contribution in [3.05, 3.63) is 46.4 Å². The minimum absolute atomic E-state index is 0.134. The first-order valence-corrected chi connectivity index (χ1v) is 6.16. The van der Waals surface area contributed by atoms with Crippen LogP contribution in [0.4, 0.5) is 0 Å². The van der Waals surface area contributed by atoms with Crippen molar-refractivity contribution in [1.29, 1.82) is 0 Å². The van der Waals surface area contributed by atoms with Gasteiger partial charge in [0.2, 0.25) is 0 Å². The molecule has 0 fully saturated rings. The number of methoxy groups -OCH3 is 1. The number of nitrogens with zero attached hydrogens (tertiary/aromatic N) is 1. The van der Waals surface area contributed by atoms with E-state index in [1.807, 2.05) is 45.0 Å². The number of benzene rings is 1. The zero-order chi connectivity index (χ0) is 14.0. The maximum absolute atomic E-state index is 11.7. The monoisotopic (exact) mass is 258 g/mol. The van der Waals surface area contributed by atoms with Crippen molar-refractivity contribution in [3.8, 4) is 17.1 Å². The van der Waals surface area contributed by atoms with Crippen molar-refractivity contribution in [3.63, 3.8) is 0 Å². The minimum atomic E-state index is -0.157. The van der Waals surface area contributed by atoms with Gasteiger partial charge in [-0.15, -0.1) is 0 Å². The van der Waals surface area contributed by atoms with E-state index in [1.165, 1.54) is 0 Å². The molecule has 0 amide bonds. The van der Waals surface area contributed by atoms with Crippen molar-refractivity contribution in [2.45, 2.75) is 26.2 Å². The highest BCUT2D eigenvalue weighted by Gasteiger charge is 2.17. The van der Waals surface area contributed by atoms with Crippen molar-refractivity contribution < 1.29 is 4.74 Å². The Kier molecular flexibility index (Phi) is 3.42. The molecule has 1 aromatic carbocycles. The first-order valence-electron chi connectivity index (χ1n) is 6.16. The van der Waals surface area contributed by atoms with E-state index in [0.717, 1.165) is 17.0 Å². The van der Waals surface area contributed by atoms with Gasteiger partial charge in [-0.1, -0.05) is 20.8 Å². The lowest BCUT2D eigenvalue weighted by Crippen LogP contribution is -2.19. The highest BCUT2D eigenvalue weighted by molar-refractivity contribution is 5.56. The number of nitrogens with one attached hydrogen (secondary N) is 1. The first kappa shape index (κ1) is 13.3. The maximum Gasteiger partial charge on any atom is 0.251 e. The van der Waals surface area contributed by atoms with Crippen LogP contribution >= 0.6 is 0 Å². The van der Waals surface area contributed by atoms with Crippen molar-refractivity contribution in [1.82, 2.24) is 9.97 Å². The Morgan fingerprint density at radius 2 is 1.79 bits per heavy atom. The Labute approximate surface area is 112 Å². The number of H-pyrrole nitrogens is 1. The molecule has 0 atom stereocenters. The number of rotatable bonds is 2. The van der Waals surface area contributed by atoms with Crippen molar-refractivity contribution in [2.75, 3.05) is 7.11 Å². The van der Waals surface area contributed by atoms with E-state index in [0.29, 0.717) is 5.82 Å². The summed E-state index contributed by atoms with van der Waals surface area (Å²) in [6.07, 6.45) is 0. The predicted octanol–water partition coefficient (Wildman–Crippen LogP) is 2.74. The summed E-state index contributed by atoms with van der Waals surface area (Å²) in [4.78, 5) is 19.0. The summed E-state index contributed by atoms with van der Waals surface area (Å²) in [6, 6.07) is 9.00. The third-order valence-corrected chi connectivity index (χ3v) is 2.87. The molecule has 1 aromatic heterocycles. The summed E-state index contributed by atoms with van der Waals surface area (Å²) in [5.41, 5.74) is 1.35. The second kappa shape index (κ2) is 4.88. The van der Waals surface area contributed by atoms with E-state index in [4.69, 9.17) is 4.74 Å². The Bertz CT molecular complexity index is 622. The molecule has 0 aliphatic heterocycles. The number of hydrogen-bond acceptors (Lipinski definition) is 3. The van der Waals surface area contributed by atoms with Gasteiger partial charge in [0.05, 0.1) is 12.8 Å². The molecule has 2 aromatic rings. The summed E-state index contributed by atoms with van der Waals surface area (Å²) < 4.78 is 5.11. The zero-order valence-electron chi connectivity index (χ0n) is 11.7. The average Bonchev–Trinajstić information content (AvgIpc) is 2.37. The molecule has 1 N–H and O–H groups in total. The SMILES string of the molecule is COc1ccc(-c2nc(C(C)(C)C)cc(=O)[nH]2)cc1. The van der Waals surface area contributed by atoms with Gasteiger partial charge in [-0.25, -0.2) is 4.98 Å². The molecule has 0 aliphatic carbocycles. The first-order chi connectivity index (χ1) is 8.90. The van der Waals surface area contributed by atoms with Gasteiger partial charge in [-0.2, -0.15) is 0 Å². The largest absolute Gasteiger partial charge is 0.497 e. The molecule has 100 valence electrons. The Balaban J connectivity index is 2.49. The molecule has 0 spiro atoms. The van der Waals surface area contributed by atoms with Crippen LogP contribution in [-0.4, -0.2) is 17.1 Å². The number of aromatic nitrogens is 2. The van der Waals surface area contributed by atoms with Gasteiger partial charge in [-0.05, 0) is 24.3 Å². The van der Waals surface area contributed by atoms with E-state index < -0.39 is 0 Å². The number of aromatic amines is 1. The second-order valence-corrected chi connectivity index (χ2v) is 5.46. The third-order valence-electron chi connectivity index (χ3n) is 2.87. The lowest BCUT2D eigenvalue weighted by Gasteiger charge is -2.17. The van der Waals surface area contributed by atoms with Crippen LogP contribution in [0.15, 0.2) is 35.1 Å². The molecule has 0 radical (unpaired) electrons. The number of hydrogen-bond donors (Lipinski definition) is 1. The standard InChI is InChI=1S/C15H18N2O2/c1-15(2,3)12-9-13(18)17-14(16-12)10-5-7-11(19-4)8-6-10/h5-9H,1-4H3,(H,16,17,18). The minimum Gasteiger partial charge on any atom is -0.497 e. The molecule has 0 saturated carbocycles. The summed E-state index contributed by atoms with van der Waals surface area (Å²) in [7, 11) is 1.62. The van der Waals surface area contributed by atoms with Crippen LogP contribution in [0, 0.1) is 0 Å². The van der Waals surface area contributed by atoms with E-state index in [2.05, 4.69) is 9.97 Å². The Morgan fingerprint density at radius 1 is 1.16 bits per heavy atom. The molecule has 0 bridgehead atoms. The highest BCUT2D eigenvalue weighted by atomic mass is 16.5. The Morgan fingerprint density at radius 3 is 2.32 bits per heavy atom. The molecule has 1 heterocycles. The third kappa shape index (κ3) is 3.02. The zero-order valence-corrected chi connectivity index (χ0v) is 11.7. The van der Waals surface area contributed by atoms with E-state index in [1.54, 1.807) is 13.2 Å². The molecular weight excluding hydrogens is 240 g/mol. The predicted molar refractivity (Wildman–Crippen MR) is 75.5 cm³/mol. The fraction of sp³-hybridized carbons (Fsp3) is 0.333. The average molecular weight is 258 g/mol. The molecule has 19 heavy (non-hydrogen) atoms. The molecule has 4 nitrogen and oxygen atoms in total. The fourth-order valence-corrected chi connectivity index (χ4v) is 1.73. The van der Waals surface area contributed by atoms with Crippen LogP contribution in [0.3, 0.4) is 0 Å². The van der Waals surface area contributed by atoms with E-state index >= 15 is 0 Å². The molecule has 0 aliphatic rings. The smallest absolute Gasteiger partial charge is 0.251 e. The highest BCUT2D eigenvalue weighted by Crippen LogP contribution is 2.22. The molecular formula is C15H18N2O2. The van der Waals surface area contributed by atoms with Crippen LogP contribution in [-0.2, 0) is 5.41 Å². The summed E-state index contributed by atoms with van der Waals surface area (Å²) in [5, 5.41) is 0. The van der Waals surface area contributed by atoms with Gasteiger partial charge >= 0.3 is 0 Å². The fourth-order valence-electron chi connectivity index (χ4n) is 1.73. The summed E-state index contributed by atoms with van der Waals surface area (Å²) >= 11 is 0. The molecule has 4 heteroatoms. The van der Waals surface area contributed by atoms with E-state index in [-0.39, 0.29) is 11.0 Å². The number of ether oxygens (including phenoxy) is 1. The summed E-state index contributed by atoms with van der Waals surface area (Å²) in [5.74, 6) is 1.36. The lowest BCUT2D eigenvalue weighted by atomic mass is 9.92. The van der Waals surface area contributed by atoms with Crippen LogP contribution in [0.25, 0.3) is 11.4 Å².